The van der Waals surface area contributed by atoms with Crippen LogP contribution in [-0.4, -0.2) is 29.9 Å². The molecule has 0 aliphatic rings. The van der Waals surface area contributed by atoms with Gasteiger partial charge < -0.3 is 13.3 Å². The van der Waals surface area contributed by atoms with E-state index in [1.54, 1.807) is 0 Å². The molecule has 9 nitrogen and oxygen atoms in total. The van der Waals surface area contributed by atoms with Crippen LogP contribution >= 0.6 is 0 Å². The topological polar surface area (TPSA) is 117 Å². The molecule has 0 aliphatic heterocycles. The summed E-state index contributed by atoms with van der Waals surface area (Å²) in [6, 6.07) is 4.15. The highest BCUT2D eigenvalue weighted by molar-refractivity contribution is 5.79. The van der Waals surface area contributed by atoms with Crippen LogP contribution in [0.1, 0.15) is 16.7 Å². The van der Waals surface area contributed by atoms with Gasteiger partial charge in [-0.3, -0.25) is 0 Å². The summed E-state index contributed by atoms with van der Waals surface area (Å²) >= 11 is 0. The van der Waals surface area contributed by atoms with Gasteiger partial charge in [0, 0.05) is 18.2 Å². The summed E-state index contributed by atoms with van der Waals surface area (Å²) in [5.41, 5.74) is -4.51. The lowest BCUT2D eigenvalue weighted by atomic mass is 10.2. The normalized spacial score (nSPS) is 12.7. The van der Waals surface area contributed by atoms with E-state index < -0.39 is 92.4 Å². The number of aromatic nitrogens is 6. The Bertz CT molecular complexity index is 2170. The van der Waals surface area contributed by atoms with E-state index in [1.165, 1.54) is 13.0 Å². The van der Waals surface area contributed by atoms with Gasteiger partial charge in [0.1, 0.15) is 34.0 Å². The second kappa shape index (κ2) is 9.47. The first kappa shape index (κ1) is 28.2. The molecule has 45 heavy (non-hydrogen) atoms. The van der Waals surface area contributed by atoms with Gasteiger partial charge in [0.05, 0.1) is 11.1 Å². The average Bonchev–Trinajstić information content (AvgIpc) is 3.67. The highest BCUT2D eigenvalue weighted by Crippen LogP contribution is 2.37. The highest BCUT2D eigenvalue weighted by Gasteiger charge is 2.36. The van der Waals surface area contributed by atoms with E-state index in [2.05, 4.69) is 29.9 Å². The molecular formula is C27H9F9N6O3. The van der Waals surface area contributed by atoms with Gasteiger partial charge in [-0.15, -0.1) is 0 Å². The number of alkyl halides is 6. The van der Waals surface area contributed by atoms with Crippen LogP contribution < -0.4 is 0 Å². The van der Waals surface area contributed by atoms with Crippen molar-refractivity contribution in [2.75, 3.05) is 0 Å². The fraction of sp³-hybridized carbons (Fsp3) is 0.111. The first-order valence-corrected chi connectivity index (χ1v) is 12.3. The Morgan fingerprint density at radius 1 is 0.467 bits per heavy atom. The van der Waals surface area contributed by atoms with Crippen molar-refractivity contribution in [1.82, 2.24) is 29.9 Å². The van der Waals surface area contributed by atoms with Crippen molar-refractivity contribution >= 4 is 33.3 Å². The zero-order valence-corrected chi connectivity index (χ0v) is 21.8. The lowest BCUT2D eigenvalue weighted by molar-refractivity contribution is -0.140. The third-order valence-electron chi connectivity index (χ3n) is 6.44. The van der Waals surface area contributed by atoms with E-state index in [-0.39, 0.29) is 22.6 Å². The number of aryl methyl sites for hydroxylation is 1. The first-order valence-electron chi connectivity index (χ1n) is 12.3. The number of rotatable bonds is 3. The maximum Gasteiger partial charge on any atom is 0.419 e. The smallest absolute Gasteiger partial charge is 0.419 e. The SMILES string of the molecule is Cc1cc2nc(-c3nc(-c4nc5cc(C(F)(F)F)c(F)cc5o4)nc(-c4nc5cc(C(F)(F)F)c(F)cc5o4)n3)oc2cc1F. The minimum atomic E-state index is -5.05. The first-order chi connectivity index (χ1) is 21.1. The molecule has 0 fully saturated rings. The van der Waals surface area contributed by atoms with E-state index >= 15 is 0 Å². The van der Waals surface area contributed by atoms with Crippen LogP contribution in [0.15, 0.2) is 49.6 Å². The van der Waals surface area contributed by atoms with Crippen molar-refractivity contribution in [2.45, 2.75) is 19.3 Å². The monoisotopic (exact) mass is 636 g/mol. The molecule has 0 bridgehead atoms. The minimum Gasteiger partial charge on any atom is -0.433 e. The largest absolute Gasteiger partial charge is 0.433 e. The molecule has 7 aromatic rings. The number of fused-ring (bicyclic) bond motifs is 3. The molecule has 0 saturated carbocycles. The summed E-state index contributed by atoms with van der Waals surface area (Å²) in [6.07, 6.45) is -10.1. The molecule has 0 saturated heterocycles. The van der Waals surface area contributed by atoms with Crippen LogP contribution in [0.2, 0.25) is 0 Å². The zero-order chi connectivity index (χ0) is 32.0. The second-order valence-electron chi connectivity index (χ2n) is 9.53. The van der Waals surface area contributed by atoms with Gasteiger partial charge in [-0.05, 0) is 30.7 Å². The predicted molar refractivity (Wildman–Crippen MR) is 133 cm³/mol. The van der Waals surface area contributed by atoms with Crippen LogP contribution in [0, 0.1) is 24.4 Å². The average molecular weight is 636 g/mol. The Kier molecular flexibility index (Phi) is 5.94. The molecule has 0 unspecified atom stereocenters. The van der Waals surface area contributed by atoms with Gasteiger partial charge in [-0.2, -0.15) is 41.3 Å². The summed E-state index contributed by atoms with van der Waals surface area (Å²) in [5, 5.41) is 0. The molecule has 7 rings (SSSR count). The fourth-order valence-corrected chi connectivity index (χ4v) is 4.34. The Morgan fingerprint density at radius 2 is 0.800 bits per heavy atom. The van der Waals surface area contributed by atoms with Crippen LogP contribution in [0.5, 0.6) is 0 Å². The van der Waals surface area contributed by atoms with Gasteiger partial charge in [0.25, 0.3) is 17.7 Å². The van der Waals surface area contributed by atoms with Gasteiger partial charge >= 0.3 is 12.4 Å². The van der Waals surface area contributed by atoms with Crippen LogP contribution in [0.4, 0.5) is 39.5 Å². The minimum absolute atomic E-state index is 0.0225. The number of nitrogens with zero attached hydrogens (tertiary/aromatic N) is 6. The summed E-state index contributed by atoms with van der Waals surface area (Å²) in [5.74, 6) is -6.73. The molecule has 0 aliphatic carbocycles. The van der Waals surface area contributed by atoms with Crippen LogP contribution in [-0.2, 0) is 12.4 Å². The fourth-order valence-electron chi connectivity index (χ4n) is 4.34. The predicted octanol–water partition coefficient (Wildman–Crippen LogP) is 8.06. The van der Waals surface area contributed by atoms with Gasteiger partial charge in [0.15, 0.2) is 16.7 Å². The highest BCUT2D eigenvalue weighted by atomic mass is 19.4. The number of hydrogen-bond donors (Lipinski definition) is 0. The van der Waals surface area contributed by atoms with E-state index in [4.69, 9.17) is 13.3 Å². The maximum absolute atomic E-state index is 14.2. The maximum atomic E-state index is 14.2. The van der Waals surface area contributed by atoms with Gasteiger partial charge in [-0.1, -0.05) is 0 Å². The summed E-state index contributed by atoms with van der Waals surface area (Å²) in [4.78, 5) is 24.3. The molecular weight excluding hydrogens is 627 g/mol. The number of oxazole rings is 3. The molecule has 3 aromatic carbocycles. The Hall–Kier alpha value is -5.55. The number of benzene rings is 3. The molecule has 0 amide bonds. The van der Waals surface area contributed by atoms with Crippen molar-refractivity contribution in [3.63, 3.8) is 0 Å². The summed E-state index contributed by atoms with van der Waals surface area (Å²) < 4.78 is 138. The summed E-state index contributed by atoms with van der Waals surface area (Å²) in [7, 11) is 0. The molecule has 18 heteroatoms. The quantitative estimate of drug-likeness (QED) is 0.178. The lowest BCUT2D eigenvalue weighted by Gasteiger charge is -2.06. The molecule has 0 N–H and O–H groups in total. The van der Waals surface area contributed by atoms with Crippen LogP contribution in [0.25, 0.3) is 68.4 Å². The van der Waals surface area contributed by atoms with Crippen molar-refractivity contribution in [3.8, 4) is 35.1 Å². The summed E-state index contributed by atoms with van der Waals surface area (Å²) in [6.45, 7) is 1.48. The van der Waals surface area contributed by atoms with Gasteiger partial charge in [0.2, 0.25) is 17.5 Å². The van der Waals surface area contributed by atoms with Crippen LogP contribution in [0.3, 0.4) is 0 Å². The van der Waals surface area contributed by atoms with Crippen molar-refractivity contribution in [2.24, 2.45) is 0 Å². The molecule has 4 aromatic heterocycles. The Labute approximate surface area is 241 Å². The van der Waals surface area contributed by atoms with Crippen molar-refractivity contribution < 1.29 is 52.8 Å². The standard InChI is InChI=1S/C27H9F9N6O3/c1-8-2-14-17(5-11(8)28)43-23(37-14)20-40-21(24-38-15-3-9(26(31,32)33)12(29)6-18(15)44-24)42-22(41-20)25-39-16-4-10(27(34,35)36)13(30)7-19(16)45-25/h2-7H,1H3. The third kappa shape index (κ3) is 4.87. The Morgan fingerprint density at radius 3 is 1.16 bits per heavy atom. The van der Waals surface area contributed by atoms with Crippen molar-refractivity contribution in [3.05, 3.63) is 70.5 Å². The number of hydrogen-bond acceptors (Lipinski definition) is 9. The van der Waals surface area contributed by atoms with Crippen molar-refractivity contribution in [1.29, 1.82) is 0 Å². The molecule has 0 radical (unpaired) electrons. The lowest BCUT2D eigenvalue weighted by Crippen LogP contribution is -2.07. The van der Waals surface area contributed by atoms with E-state index in [1.807, 2.05) is 0 Å². The van der Waals surface area contributed by atoms with E-state index in [0.29, 0.717) is 24.3 Å². The Balaban J connectivity index is 1.43. The second-order valence-corrected chi connectivity index (χ2v) is 9.53. The molecule has 228 valence electrons. The number of halogens is 9. The van der Waals surface area contributed by atoms with Gasteiger partial charge in [-0.25, -0.2) is 28.1 Å². The van der Waals surface area contributed by atoms with E-state index in [0.717, 1.165) is 6.07 Å². The third-order valence-corrected chi connectivity index (χ3v) is 6.44. The molecule has 0 spiro atoms. The zero-order valence-electron chi connectivity index (χ0n) is 21.8. The molecule has 4 heterocycles. The molecule has 0 atom stereocenters. The van der Waals surface area contributed by atoms with E-state index in [9.17, 15) is 39.5 Å².